The molecular weight excluding hydrogens is 614 g/mol. The average Bonchev–Trinajstić information content (AvgIpc) is 3.61. The van der Waals surface area contributed by atoms with Crippen LogP contribution in [0.25, 0.3) is 5.76 Å². The number of ketones is 1. The van der Waals surface area contributed by atoms with Crippen LogP contribution in [0.5, 0.6) is 11.5 Å². The van der Waals surface area contributed by atoms with Crippen LogP contribution in [0.2, 0.25) is 0 Å². The minimum atomic E-state index is -0.998. The third kappa shape index (κ3) is 7.37. The zero-order valence-corrected chi connectivity index (χ0v) is 26.9. The molecule has 1 aromatic heterocycles. The highest BCUT2D eigenvalue weighted by molar-refractivity contribution is 8.00. The molecule has 234 valence electrons. The standard InChI is InChI=1S/C34H34FN3O5S2/c1-4-6-7-18-43-26-17-14-24(19-27(26)42-5-2)29-28(30(39)23-12-8-21(3)9-13-23)31(40)32(41)38(29)33-36-37-34(45-33)44-20-22-10-15-25(35)16-11-22/h8-17,19,29,39H,4-7,18,20H2,1-3H3. The summed E-state index contributed by atoms with van der Waals surface area (Å²) < 4.78 is 25.8. The Morgan fingerprint density at radius 2 is 1.73 bits per heavy atom. The highest BCUT2D eigenvalue weighted by Crippen LogP contribution is 2.45. The van der Waals surface area contributed by atoms with Gasteiger partial charge in [0.25, 0.3) is 5.78 Å². The molecule has 1 saturated heterocycles. The van der Waals surface area contributed by atoms with Gasteiger partial charge in [0.2, 0.25) is 5.13 Å². The number of aryl methyl sites for hydroxylation is 1. The lowest BCUT2D eigenvalue weighted by Gasteiger charge is -2.23. The number of amides is 1. The summed E-state index contributed by atoms with van der Waals surface area (Å²) >= 11 is 2.55. The molecule has 3 aromatic carbocycles. The van der Waals surface area contributed by atoms with Crippen LogP contribution < -0.4 is 14.4 Å². The first-order chi connectivity index (χ1) is 21.8. The second kappa shape index (κ2) is 14.7. The lowest BCUT2D eigenvalue weighted by molar-refractivity contribution is -0.132. The van der Waals surface area contributed by atoms with Crippen LogP contribution in [0.1, 0.15) is 61.4 Å². The van der Waals surface area contributed by atoms with E-state index in [-0.39, 0.29) is 22.3 Å². The molecule has 5 rings (SSSR count). The van der Waals surface area contributed by atoms with E-state index in [0.29, 0.717) is 45.9 Å². The smallest absolute Gasteiger partial charge is 0.301 e. The molecule has 0 spiro atoms. The van der Waals surface area contributed by atoms with E-state index in [1.807, 2.05) is 26.0 Å². The predicted octanol–water partition coefficient (Wildman–Crippen LogP) is 7.87. The molecule has 1 atom stereocenters. The van der Waals surface area contributed by atoms with Gasteiger partial charge in [-0.05, 0) is 55.7 Å². The maximum absolute atomic E-state index is 13.7. The van der Waals surface area contributed by atoms with E-state index in [0.717, 1.165) is 41.7 Å². The highest BCUT2D eigenvalue weighted by Gasteiger charge is 2.48. The minimum absolute atomic E-state index is 0.0568. The summed E-state index contributed by atoms with van der Waals surface area (Å²) in [5.41, 5.74) is 2.79. The number of unbranched alkanes of at least 4 members (excludes halogenated alkanes) is 2. The fraction of sp³-hybridized carbons (Fsp3) is 0.294. The molecule has 2 heterocycles. The van der Waals surface area contributed by atoms with E-state index in [9.17, 15) is 19.1 Å². The molecule has 4 aromatic rings. The lowest BCUT2D eigenvalue weighted by Crippen LogP contribution is -2.29. The molecule has 1 N–H and O–H groups in total. The van der Waals surface area contributed by atoms with Crippen molar-refractivity contribution >= 4 is 45.7 Å². The van der Waals surface area contributed by atoms with Gasteiger partial charge in [0, 0.05) is 11.3 Å². The van der Waals surface area contributed by atoms with Gasteiger partial charge in [-0.1, -0.05) is 90.9 Å². The Hall–Kier alpha value is -4.22. The number of aliphatic hydroxyl groups is 1. The van der Waals surface area contributed by atoms with Crippen LogP contribution >= 0.6 is 23.1 Å². The molecule has 45 heavy (non-hydrogen) atoms. The maximum atomic E-state index is 13.7. The maximum Gasteiger partial charge on any atom is 0.301 e. The van der Waals surface area contributed by atoms with Gasteiger partial charge >= 0.3 is 5.91 Å². The first-order valence-electron chi connectivity index (χ1n) is 14.8. The van der Waals surface area contributed by atoms with Gasteiger partial charge in [0.15, 0.2) is 15.8 Å². The fourth-order valence-corrected chi connectivity index (χ4v) is 6.74. The van der Waals surface area contributed by atoms with E-state index >= 15 is 0 Å². The van der Waals surface area contributed by atoms with Crippen LogP contribution in [-0.4, -0.2) is 40.2 Å². The van der Waals surface area contributed by atoms with E-state index < -0.39 is 17.7 Å². The first-order valence-corrected chi connectivity index (χ1v) is 16.6. The number of benzene rings is 3. The number of aliphatic hydroxyl groups excluding tert-OH is 1. The molecule has 0 aliphatic carbocycles. The number of hydrogen-bond donors (Lipinski definition) is 1. The number of anilines is 1. The second-order valence-electron chi connectivity index (χ2n) is 10.5. The fourth-order valence-electron chi connectivity index (χ4n) is 4.91. The summed E-state index contributed by atoms with van der Waals surface area (Å²) in [5, 5.41) is 20.2. The molecule has 8 nitrogen and oxygen atoms in total. The summed E-state index contributed by atoms with van der Waals surface area (Å²) in [6.45, 7) is 6.82. The molecule has 1 aliphatic rings. The molecule has 0 bridgehead atoms. The number of ether oxygens (including phenoxy) is 2. The van der Waals surface area contributed by atoms with E-state index in [2.05, 4.69) is 17.1 Å². The van der Waals surface area contributed by atoms with Crippen LogP contribution in [0, 0.1) is 12.7 Å². The Morgan fingerprint density at radius 1 is 0.978 bits per heavy atom. The van der Waals surface area contributed by atoms with E-state index in [1.54, 1.807) is 42.5 Å². The summed E-state index contributed by atoms with van der Waals surface area (Å²) in [7, 11) is 0. The van der Waals surface area contributed by atoms with Crippen molar-refractivity contribution < 1.29 is 28.6 Å². The van der Waals surface area contributed by atoms with Crippen LogP contribution in [0.15, 0.2) is 76.6 Å². The van der Waals surface area contributed by atoms with Gasteiger partial charge < -0.3 is 14.6 Å². The largest absolute Gasteiger partial charge is 0.507 e. The number of carbonyl (C=O) groups is 2. The number of hydrogen-bond acceptors (Lipinski definition) is 9. The van der Waals surface area contributed by atoms with Gasteiger partial charge in [-0.2, -0.15) is 0 Å². The van der Waals surface area contributed by atoms with E-state index in [1.165, 1.54) is 28.8 Å². The monoisotopic (exact) mass is 647 g/mol. The summed E-state index contributed by atoms with van der Waals surface area (Å²) in [6.07, 6.45) is 3.01. The van der Waals surface area contributed by atoms with Gasteiger partial charge in [-0.3, -0.25) is 14.5 Å². The Labute approximate surface area is 269 Å². The molecule has 0 radical (unpaired) electrons. The summed E-state index contributed by atoms with van der Waals surface area (Å²) in [6, 6.07) is 17.5. The Kier molecular flexibility index (Phi) is 10.5. The predicted molar refractivity (Wildman–Crippen MR) is 174 cm³/mol. The molecule has 1 aliphatic heterocycles. The van der Waals surface area contributed by atoms with Crippen molar-refractivity contribution in [2.45, 2.75) is 56.2 Å². The number of aromatic nitrogens is 2. The first kappa shape index (κ1) is 32.2. The lowest BCUT2D eigenvalue weighted by atomic mass is 9.95. The molecule has 11 heteroatoms. The zero-order valence-electron chi connectivity index (χ0n) is 25.3. The van der Waals surface area contributed by atoms with Crippen LogP contribution in [0.4, 0.5) is 9.52 Å². The number of rotatable bonds is 13. The van der Waals surface area contributed by atoms with E-state index in [4.69, 9.17) is 9.47 Å². The molecule has 1 amide bonds. The molecule has 0 saturated carbocycles. The Bertz CT molecular complexity index is 1690. The van der Waals surface area contributed by atoms with Crippen LogP contribution in [0.3, 0.4) is 0 Å². The quantitative estimate of drug-likeness (QED) is 0.0391. The van der Waals surface area contributed by atoms with Crippen molar-refractivity contribution in [2.24, 2.45) is 0 Å². The van der Waals surface area contributed by atoms with Crippen molar-refractivity contribution in [2.75, 3.05) is 18.1 Å². The van der Waals surface area contributed by atoms with Gasteiger partial charge in [0.1, 0.15) is 11.6 Å². The van der Waals surface area contributed by atoms with Crippen molar-refractivity contribution in [1.82, 2.24) is 10.2 Å². The number of halogens is 1. The third-order valence-corrected chi connectivity index (χ3v) is 9.36. The van der Waals surface area contributed by atoms with Gasteiger partial charge in [-0.15, -0.1) is 10.2 Å². The summed E-state index contributed by atoms with van der Waals surface area (Å²) in [5.74, 6) is -0.699. The number of Topliss-reactive ketones (excluding diaryl/α,β-unsaturated/α-hetero) is 1. The second-order valence-corrected chi connectivity index (χ2v) is 12.7. The van der Waals surface area contributed by atoms with Crippen molar-refractivity contribution in [3.8, 4) is 11.5 Å². The summed E-state index contributed by atoms with van der Waals surface area (Å²) in [4.78, 5) is 28.6. The SMILES string of the molecule is CCCCCOc1ccc(C2C(=C(O)c3ccc(C)cc3)C(=O)C(=O)N2c2nnc(SCc3ccc(F)cc3)s2)cc1OCC. The molecule has 1 fully saturated rings. The van der Waals surface area contributed by atoms with Crippen LogP contribution in [-0.2, 0) is 15.3 Å². The molecule has 1 unspecified atom stereocenters. The third-order valence-electron chi connectivity index (χ3n) is 7.24. The topological polar surface area (TPSA) is 102 Å². The normalized spacial score (nSPS) is 15.9. The van der Waals surface area contributed by atoms with Crippen molar-refractivity contribution in [1.29, 1.82) is 0 Å². The van der Waals surface area contributed by atoms with Crippen molar-refractivity contribution in [3.63, 3.8) is 0 Å². The van der Waals surface area contributed by atoms with Gasteiger partial charge in [-0.25, -0.2) is 4.39 Å². The zero-order chi connectivity index (χ0) is 31.9. The number of carbonyl (C=O) groups excluding carboxylic acids is 2. The minimum Gasteiger partial charge on any atom is -0.507 e. The number of nitrogens with zero attached hydrogens (tertiary/aromatic N) is 3. The number of thioether (sulfide) groups is 1. The average molecular weight is 648 g/mol. The highest BCUT2D eigenvalue weighted by atomic mass is 32.2. The van der Waals surface area contributed by atoms with Crippen molar-refractivity contribution in [3.05, 3.63) is 100 Å². The Balaban J connectivity index is 1.54. The molecular formula is C34H34FN3O5S2. The Morgan fingerprint density at radius 3 is 2.44 bits per heavy atom. The van der Waals surface area contributed by atoms with Gasteiger partial charge in [0.05, 0.1) is 24.8 Å².